The van der Waals surface area contributed by atoms with Crippen LogP contribution in [0.3, 0.4) is 0 Å². The van der Waals surface area contributed by atoms with E-state index in [4.69, 9.17) is 4.74 Å². The van der Waals surface area contributed by atoms with E-state index < -0.39 is 5.54 Å². The molecule has 4 amide bonds. The highest BCUT2D eigenvalue weighted by Gasteiger charge is 2.60. The molecule has 3 aliphatic heterocycles. The van der Waals surface area contributed by atoms with E-state index in [2.05, 4.69) is 0 Å². The minimum absolute atomic E-state index is 0.0578. The van der Waals surface area contributed by atoms with Gasteiger partial charge >= 0.3 is 12.1 Å². The predicted octanol–water partition coefficient (Wildman–Crippen LogP) is 1.81. The van der Waals surface area contributed by atoms with Gasteiger partial charge in [0.25, 0.3) is 5.91 Å². The van der Waals surface area contributed by atoms with Crippen LogP contribution in [0.2, 0.25) is 0 Å². The molecule has 0 spiro atoms. The molecule has 2 unspecified atom stereocenters. The molecule has 0 aromatic heterocycles. The second-order valence-electron chi connectivity index (χ2n) is 6.58. The molecule has 3 saturated heterocycles. The summed E-state index contributed by atoms with van der Waals surface area (Å²) in [4.78, 5) is 42.4. The van der Waals surface area contributed by atoms with E-state index >= 15 is 0 Å². The Morgan fingerprint density at radius 3 is 2.78 bits per heavy atom. The number of amides is 4. The summed E-state index contributed by atoms with van der Waals surface area (Å²) in [6.07, 6.45) is 3.52. The number of hydrogen-bond donors (Lipinski definition) is 0. The summed E-state index contributed by atoms with van der Waals surface area (Å²) >= 11 is 0. The van der Waals surface area contributed by atoms with Crippen LogP contribution in [-0.4, -0.2) is 70.6 Å². The first kappa shape index (κ1) is 16.1. The third-order valence-corrected chi connectivity index (χ3v) is 5.26. The zero-order valence-corrected chi connectivity index (χ0v) is 13.9. The summed E-state index contributed by atoms with van der Waals surface area (Å²) in [5, 5.41) is 0. The summed E-state index contributed by atoms with van der Waals surface area (Å²) in [7, 11) is 0. The zero-order valence-electron chi connectivity index (χ0n) is 13.9. The molecule has 0 radical (unpaired) electrons. The smallest absolute Gasteiger partial charge is 0.409 e. The predicted molar refractivity (Wildman–Crippen MR) is 82.8 cm³/mol. The van der Waals surface area contributed by atoms with Gasteiger partial charge in [0.15, 0.2) is 0 Å². The first-order chi connectivity index (χ1) is 11.0. The molecule has 3 rings (SSSR count). The molecule has 0 aliphatic carbocycles. The molecule has 3 fully saturated rings. The van der Waals surface area contributed by atoms with Crippen LogP contribution < -0.4 is 0 Å². The van der Waals surface area contributed by atoms with Crippen molar-refractivity contribution in [1.82, 2.24) is 14.7 Å². The normalized spacial score (nSPS) is 30.3. The maximum Gasteiger partial charge on any atom is 0.409 e. The number of carbonyl (C=O) groups is 3. The topological polar surface area (TPSA) is 70.2 Å². The fourth-order valence-corrected chi connectivity index (χ4v) is 4.26. The van der Waals surface area contributed by atoms with E-state index in [0.29, 0.717) is 32.7 Å². The maximum absolute atomic E-state index is 13.0. The lowest BCUT2D eigenvalue weighted by Gasteiger charge is -2.27. The zero-order chi connectivity index (χ0) is 16.6. The minimum atomic E-state index is -0.622. The summed E-state index contributed by atoms with van der Waals surface area (Å²) in [5.41, 5.74) is -0.622. The van der Waals surface area contributed by atoms with E-state index in [-0.39, 0.29) is 24.1 Å². The van der Waals surface area contributed by atoms with Crippen LogP contribution in [0.15, 0.2) is 0 Å². The van der Waals surface area contributed by atoms with E-state index in [1.165, 1.54) is 4.90 Å². The van der Waals surface area contributed by atoms with Crippen molar-refractivity contribution in [3.63, 3.8) is 0 Å². The molecule has 0 aromatic carbocycles. The van der Waals surface area contributed by atoms with Gasteiger partial charge in [-0.3, -0.25) is 9.69 Å². The lowest BCUT2D eigenvalue weighted by Crippen LogP contribution is -2.47. The van der Waals surface area contributed by atoms with Gasteiger partial charge in [0.1, 0.15) is 5.54 Å². The second kappa shape index (κ2) is 6.02. The Labute approximate surface area is 136 Å². The summed E-state index contributed by atoms with van der Waals surface area (Å²) in [6.45, 7) is 5.71. The molecule has 0 N–H and O–H groups in total. The molecular formula is C16H25N3O4. The van der Waals surface area contributed by atoms with Gasteiger partial charge in [0, 0.05) is 19.6 Å². The molecule has 0 bridgehead atoms. The average molecular weight is 323 g/mol. The van der Waals surface area contributed by atoms with Crippen LogP contribution in [-0.2, 0) is 9.53 Å². The quantitative estimate of drug-likeness (QED) is 0.740. The van der Waals surface area contributed by atoms with E-state index in [9.17, 15) is 14.4 Å². The molecule has 23 heavy (non-hydrogen) atoms. The molecule has 7 nitrogen and oxygen atoms in total. The molecule has 0 saturated carbocycles. The van der Waals surface area contributed by atoms with Gasteiger partial charge < -0.3 is 14.5 Å². The largest absolute Gasteiger partial charge is 0.450 e. The number of rotatable bonds is 4. The maximum atomic E-state index is 13.0. The van der Waals surface area contributed by atoms with Gasteiger partial charge in [-0.15, -0.1) is 0 Å². The lowest BCUT2D eigenvalue weighted by atomic mass is 9.90. The molecular weight excluding hydrogens is 298 g/mol. The van der Waals surface area contributed by atoms with Crippen molar-refractivity contribution in [2.75, 3.05) is 26.2 Å². The van der Waals surface area contributed by atoms with E-state index in [1.807, 2.05) is 6.92 Å². The van der Waals surface area contributed by atoms with Crippen LogP contribution >= 0.6 is 0 Å². The molecule has 3 heterocycles. The van der Waals surface area contributed by atoms with Gasteiger partial charge in [0.05, 0.1) is 12.6 Å². The Balaban J connectivity index is 1.76. The highest BCUT2D eigenvalue weighted by molar-refractivity contribution is 6.07. The highest BCUT2D eigenvalue weighted by Crippen LogP contribution is 2.42. The monoisotopic (exact) mass is 323 g/mol. The Kier molecular flexibility index (Phi) is 4.21. The van der Waals surface area contributed by atoms with Gasteiger partial charge in [-0.1, -0.05) is 13.3 Å². The summed E-state index contributed by atoms with van der Waals surface area (Å²) in [5.74, 6) is -0.0578. The second-order valence-corrected chi connectivity index (χ2v) is 6.58. The fraction of sp³-hybridized carbons (Fsp3) is 0.812. The van der Waals surface area contributed by atoms with Crippen LogP contribution in [0.4, 0.5) is 9.59 Å². The number of urea groups is 1. The number of hydrogen-bond acceptors (Lipinski definition) is 4. The summed E-state index contributed by atoms with van der Waals surface area (Å²) in [6, 6.07) is -0.393. The number of fused-ring (bicyclic) bond motifs is 1. The SMILES string of the molecule is CCCC12CCCN1C(=O)N(C1CCN(C(=O)OCC)C1)C2=O. The Bertz CT molecular complexity index is 523. The number of likely N-dealkylation sites (tertiary alicyclic amines) is 1. The van der Waals surface area contributed by atoms with Gasteiger partial charge in [-0.25, -0.2) is 9.59 Å². The average Bonchev–Trinajstić information content (AvgIpc) is 3.19. The van der Waals surface area contributed by atoms with Crippen molar-refractivity contribution in [2.24, 2.45) is 0 Å². The number of ether oxygens (including phenoxy) is 1. The molecule has 7 heteroatoms. The van der Waals surface area contributed by atoms with Crippen LogP contribution in [0.25, 0.3) is 0 Å². The lowest BCUT2D eigenvalue weighted by molar-refractivity contribution is -0.134. The van der Waals surface area contributed by atoms with Gasteiger partial charge in [0.2, 0.25) is 0 Å². The molecule has 3 aliphatic rings. The van der Waals surface area contributed by atoms with Crippen LogP contribution in [0.1, 0.15) is 46.0 Å². The van der Waals surface area contributed by atoms with Crippen LogP contribution in [0.5, 0.6) is 0 Å². The summed E-state index contributed by atoms with van der Waals surface area (Å²) < 4.78 is 5.01. The molecule has 128 valence electrons. The fourth-order valence-electron chi connectivity index (χ4n) is 4.26. The molecule has 0 aromatic rings. The Morgan fingerprint density at radius 1 is 1.30 bits per heavy atom. The first-order valence-corrected chi connectivity index (χ1v) is 8.62. The van der Waals surface area contributed by atoms with Crippen molar-refractivity contribution >= 4 is 18.0 Å². The van der Waals surface area contributed by atoms with Gasteiger partial charge in [-0.05, 0) is 32.6 Å². The van der Waals surface area contributed by atoms with Gasteiger partial charge in [-0.2, -0.15) is 0 Å². The van der Waals surface area contributed by atoms with Crippen molar-refractivity contribution < 1.29 is 19.1 Å². The van der Waals surface area contributed by atoms with Crippen molar-refractivity contribution in [1.29, 1.82) is 0 Å². The standard InChI is InChI=1S/C16H25N3O4/c1-3-7-16-8-5-9-18(16)14(21)19(13(16)20)12-6-10-17(11-12)15(22)23-4-2/h12H,3-11H2,1-2H3. The van der Waals surface area contributed by atoms with E-state index in [1.54, 1.807) is 16.7 Å². The van der Waals surface area contributed by atoms with Crippen molar-refractivity contribution in [3.05, 3.63) is 0 Å². The number of nitrogens with zero attached hydrogens (tertiary/aromatic N) is 3. The van der Waals surface area contributed by atoms with Crippen molar-refractivity contribution in [3.8, 4) is 0 Å². The third-order valence-electron chi connectivity index (χ3n) is 5.26. The Morgan fingerprint density at radius 2 is 2.09 bits per heavy atom. The molecule has 2 atom stereocenters. The first-order valence-electron chi connectivity index (χ1n) is 8.62. The van der Waals surface area contributed by atoms with Crippen molar-refractivity contribution in [2.45, 2.75) is 57.5 Å². The van der Waals surface area contributed by atoms with E-state index in [0.717, 1.165) is 25.7 Å². The highest BCUT2D eigenvalue weighted by atomic mass is 16.6. The number of imide groups is 1. The van der Waals surface area contributed by atoms with Crippen LogP contribution in [0, 0.1) is 0 Å². The third kappa shape index (κ3) is 2.37. The Hall–Kier alpha value is -1.79. The number of carbonyl (C=O) groups excluding carboxylic acids is 3. The minimum Gasteiger partial charge on any atom is -0.450 e.